The van der Waals surface area contributed by atoms with Crippen LogP contribution in [-0.2, 0) is 17.7 Å². The van der Waals surface area contributed by atoms with Crippen molar-refractivity contribution in [3.8, 4) is 0 Å². The number of ether oxygens (including phenoxy) is 1. The molecule has 1 aliphatic heterocycles. The lowest BCUT2D eigenvalue weighted by Gasteiger charge is -2.34. The molecule has 0 amide bonds. The lowest BCUT2D eigenvalue weighted by Crippen LogP contribution is -2.40. The zero-order valence-corrected chi connectivity index (χ0v) is 17.4. The van der Waals surface area contributed by atoms with E-state index in [2.05, 4.69) is 16.8 Å². The summed E-state index contributed by atoms with van der Waals surface area (Å²) in [5.74, 6) is 0.193. The maximum atomic E-state index is 13.0. The number of carbonyl (C=O) groups excluding carboxylic acids is 1. The number of methoxy groups -OCH3 is 1. The van der Waals surface area contributed by atoms with Crippen LogP contribution in [0.25, 0.3) is 0 Å². The molecule has 1 saturated heterocycles. The van der Waals surface area contributed by atoms with Crippen LogP contribution in [-0.4, -0.2) is 56.1 Å². The SMILES string of the molecule is COC(=O)c1ccc(CN(C)CC2CCCN(CCc3ccc(F)cc3)C2)cc1. The Hall–Kier alpha value is -2.24. The van der Waals surface area contributed by atoms with E-state index in [9.17, 15) is 9.18 Å². The molecule has 0 radical (unpaired) electrons. The average Bonchev–Trinajstić information content (AvgIpc) is 2.73. The van der Waals surface area contributed by atoms with Crippen LogP contribution in [0.5, 0.6) is 0 Å². The van der Waals surface area contributed by atoms with Crippen LogP contribution in [0.4, 0.5) is 4.39 Å². The van der Waals surface area contributed by atoms with Gasteiger partial charge in [-0.3, -0.25) is 0 Å². The predicted octanol–water partition coefficient (Wildman–Crippen LogP) is 4.00. The maximum Gasteiger partial charge on any atom is 0.337 e. The maximum absolute atomic E-state index is 13.0. The summed E-state index contributed by atoms with van der Waals surface area (Å²) in [4.78, 5) is 16.4. The molecule has 3 rings (SSSR count). The van der Waals surface area contributed by atoms with Crippen LogP contribution in [0.3, 0.4) is 0 Å². The van der Waals surface area contributed by atoms with Crippen molar-refractivity contribution in [2.75, 3.05) is 40.3 Å². The second kappa shape index (κ2) is 10.5. The van der Waals surface area contributed by atoms with Gasteiger partial charge in [-0.2, -0.15) is 0 Å². The highest BCUT2D eigenvalue weighted by atomic mass is 19.1. The Kier molecular flexibility index (Phi) is 7.78. The number of likely N-dealkylation sites (tertiary alicyclic amines) is 1. The average molecular weight is 399 g/mol. The first kappa shape index (κ1) is 21.5. The third-order valence-electron chi connectivity index (χ3n) is 5.63. The van der Waals surface area contributed by atoms with E-state index in [0.29, 0.717) is 11.5 Å². The molecule has 5 heteroatoms. The van der Waals surface area contributed by atoms with Gasteiger partial charge in [0.25, 0.3) is 0 Å². The summed E-state index contributed by atoms with van der Waals surface area (Å²) in [5.41, 5.74) is 2.98. The van der Waals surface area contributed by atoms with Crippen molar-refractivity contribution in [1.29, 1.82) is 0 Å². The number of benzene rings is 2. The van der Waals surface area contributed by atoms with E-state index in [4.69, 9.17) is 4.74 Å². The molecular weight excluding hydrogens is 367 g/mol. The Labute approximate surface area is 173 Å². The fraction of sp³-hybridized carbons (Fsp3) is 0.458. The molecule has 1 atom stereocenters. The van der Waals surface area contributed by atoms with E-state index >= 15 is 0 Å². The van der Waals surface area contributed by atoms with Crippen LogP contribution < -0.4 is 0 Å². The molecule has 156 valence electrons. The van der Waals surface area contributed by atoms with E-state index in [1.807, 2.05) is 36.4 Å². The minimum atomic E-state index is -0.298. The van der Waals surface area contributed by atoms with E-state index in [1.54, 1.807) is 12.1 Å². The molecule has 0 aromatic heterocycles. The van der Waals surface area contributed by atoms with Crippen molar-refractivity contribution in [3.63, 3.8) is 0 Å². The molecule has 0 saturated carbocycles. The zero-order valence-electron chi connectivity index (χ0n) is 17.4. The summed E-state index contributed by atoms with van der Waals surface area (Å²) in [6, 6.07) is 14.5. The number of carbonyl (C=O) groups is 1. The van der Waals surface area contributed by atoms with Gasteiger partial charge in [0, 0.05) is 26.2 Å². The molecule has 0 N–H and O–H groups in total. The Balaban J connectivity index is 1.44. The first-order chi connectivity index (χ1) is 14.0. The third kappa shape index (κ3) is 6.65. The number of halogens is 1. The highest BCUT2D eigenvalue weighted by molar-refractivity contribution is 5.89. The highest BCUT2D eigenvalue weighted by Crippen LogP contribution is 2.19. The summed E-state index contributed by atoms with van der Waals surface area (Å²) in [6.45, 7) is 5.23. The third-order valence-corrected chi connectivity index (χ3v) is 5.63. The molecule has 4 nitrogen and oxygen atoms in total. The zero-order chi connectivity index (χ0) is 20.6. The largest absolute Gasteiger partial charge is 0.465 e. The van der Waals surface area contributed by atoms with Gasteiger partial charge in [-0.25, -0.2) is 9.18 Å². The van der Waals surface area contributed by atoms with Crippen LogP contribution in [0.2, 0.25) is 0 Å². The van der Waals surface area contributed by atoms with Crippen LogP contribution >= 0.6 is 0 Å². The summed E-state index contributed by atoms with van der Waals surface area (Å²) in [5, 5.41) is 0. The quantitative estimate of drug-likeness (QED) is 0.630. The molecule has 1 unspecified atom stereocenters. The van der Waals surface area contributed by atoms with Crippen LogP contribution in [0.1, 0.15) is 34.3 Å². The number of esters is 1. The molecule has 0 bridgehead atoms. The minimum absolute atomic E-state index is 0.172. The van der Waals surface area contributed by atoms with E-state index in [1.165, 1.54) is 31.1 Å². The van der Waals surface area contributed by atoms with E-state index in [-0.39, 0.29) is 11.8 Å². The van der Waals surface area contributed by atoms with Crippen molar-refractivity contribution in [1.82, 2.24) is 9.80 Å². The fourth-order valence-corrected chi connectivity index (χ4v) is 4.12. The van der Waals surface area contributed by atoms with Gasteiger partial charge in [0.15, 0.2) is 0 Å². The molecule has 1 heterocycles. The van der Waals surface area contributed by atoms with Crippen molar-refractivity contribution >= 4 is 5.97 Å². The lowest BCUT2D eigenvalue weighted by molar-refractivity contribution is 0.0600. The van der Waals surface area contributed by atoms with Gasteiger partial charge in [0.1, 0.15) is 5.82 Å². The Morgan fingerprint density at radius 2 is 1.83 bits per heavy atom. The van der Waals surface area contributed by atoms with E-state index in [0.717, 1.165) is 39.1 Å². The van der Waals surface area contributed by atoms with Gasteiger partial charge < -0.3 is 14.5 Å². The molecule has 0 spiro atoms. The van der Waals surface area contributed by atoms with Gasteiger partial charge in [0.2, 0.25) is 0 Å². The molecule has 29 heavy (non-hydrogen) atoms. The predicted molar refractivity (Wildman–Crippen MR) is 113 cm³/mol. The Morgan fingerprint density at radius 1 is 1.14 bits per heavy atom. The van der Waals surface area contributed by atoms with Crippen LogP contribution in [0, 0.1) is 11.7 Å². The number of hydrogen-bond donors (Lipinski definition) is 0. The number of hydrogen-bond acceptors (Lipinski definition) is 4. The first-order valence-electron chi connectivity index (χ1n) is 10.4. The summed E-state index contributed by atoms with van der Waals surface area (Å²) in [7, 11) is 3.56. The first-order valence-corrected chi connectivity index (χ1v) is 10.4. The molecule has 0 aliphatic carbocycles. The summed E-state index contributed by atoms with van der Waals surface area (Å²) >= 11 is 0. The minimum Gasteiger partial charge on any atom is -0.465 e. The number of piperidine rings is 1. The van der Waals surface area contributed by atoms with Crippen molar-refractivity contribution in [2.24, 2.45) is 5.92 Å². The standard InChI is InChI=1S/C24H31FN2O2/c1-26(16-20-5-9-22(10-6-20)24(28)29-2)17-21-4-3-14-27(18-21)15-13-19-7-11-23(25)12-8-19/h5-12,21H,3-4,13-18H2,1-2H3. The topological polar surface area (TPSA) is 32.8 Å². The molecule has 2 aromatic rings. The smallest absolute Gasteiger partial charge is 0.337 e. The van der Waals surface area contributed by atoms with Crippen LogP contribution in [0.15, 0.2) is 48.5 Å². The summed E-state index contributed by atoms with van der Waals surface area (Å²) < 4.78 is 17.8. The Morgan fingerprint density at radius 3 is 2.52 bits per heavy atom. The van der Waals surface area contributed by atoms with Crippen molar-refractivity contribution in [2.45, 2.75) is 25.8 Å². The van der Waals surface area contributed by atoms with Gasteiger partial charge in [0.05, 0.1) is 12.7 Å². The normalized spacial score (nSPS) is 17.4. The van der Waals surface area contributed by atoms with E-state index < -0.39 is 0 Å². The van der Waals surface area contributed by atoms with Crippen molar-refractivity contribution in [3.05, 3.63) is 71.0 Å². The molecule has 1 aliphatic rings. The number of rotatable bonds is 8. The van der Waals surface area contributed by atoms with Gasteiger partial charge in [-0.05, 0) is 74.2 Å². The monoisotopic (exact) mass is 398 g/mol. The molecule has 2 aromatic carbocycles. The number of nitrogens with zero attached hydrogens (tertiary/aromatic N) is 2. The van der Waals surface area contributed by atoms with Gasteiger partial charge >= 0.3 is 5.97 Å². The Bertz CT molecular complexity index is 776. The second-order valence-corrected chi connectivity index (χ2v) is 8.07. The highest BCUT2D eigenvalue weighted by Gasteiger charge is 2.21. The van der Waals surface area contributed by atoms with Gasteiger partial charge in [-0.1, -0.05) is 24.3 Å². The molecular formula is C24H31FN2O2. The molecule has 1 fully saturated rings. The second-order valence-electron chi connectivity index (χ2n) is 8.07. The fourth-order valence-electron chi connectivity index (χ4n) is 4.12. The lowest BCUT2D eigenvalue weighted by atomic mass is 9.97. The van der Waals surface area contributed by atoms with Gasteiger partial charge in [-0.15, -0.1) is 0 Å². The summed E-state index contributed by atoms with van der Waals surface area (Å²) in [6.07, 6.45) is 3.46. The van der Waals surface area contributed by atoms with Crippen molar-refractivity contribution < 1.29 is 13.9 Å².